The predicted octanol–water partition coefficient (Wildman–Crippen LogP) is 0.948. The van der Waals surface area contributed by atoms with Crippen molar-refractivity contribution in [1.82, 2.24) is 25.6 Å². The van der Waals surface area contributed by atoms with Gasteiger partial charge in [0.15, 0.2) is 0 Å². The van der Waals surface area contributed by atoms with E-state index in [1.54, 1.807) is 38.3 Å². The molecule has 1 aromatic carbocycles. The van der Waals surface area contributed by atoms with Crippen LogP contribution in [0.25, 0.3) is 6.20 Å². The van der Waals surface area contributed by atoms with Gasteiger partial charge in [-0.3, -0.25) is 10.2 Å². The lowest BCUT2D eigenvalue weighted by Gasteiger charge is -2.08. The fourth-order valence-electron chi connectivity index (χ4n) is 1.61. The Labute approximate surface area is 130 Å². The lowest BCUT2D eigenvalue weighted by Crippen LogP contribution is -2.36. The number of nitrogens with zero attached hydrogens (tertiary/aromatic N) is 4. The number of hydrogen-bond acceptors (Lipinski definition) is 7. The molecule has 2 aromatic rings. The first kappa shape index (κ1) is 15.9. The van der Waals surface area contributed by atoms with E-state index in [4.69, 9.17) is 4.74 Å². The maximum absolute atomic E-state index is 11.9. The molecular weight excluding hydrogens is 304 g/mol. The number of ether oxygens (including phenoxy) is 1. The topological polar surface area (TPSA) is 124 Å². The van der Waals surface area contributed by atoms with Crippen molar-refractivity contribution in [3.8, 4) is 5.75 Å². The fourth-order valence-corrected chi connectivity index (χ4v) is 1.61. The highest BCUT2D eigenvalue weighted by molar-refractivity contribution is 5.94. The molecule has 10 heteroatoms. The van der Waals surface area contributed by atoms with E-state index in [1.165, 1.54) is 17.2 Å². The molecule has 0 saturated carbocycles. The molecule has 0 aliphatic rings. The van der Waals surface area contributed by atoms with Gasteiger partial charge in [0.25, 0.3) is 5.91 Å². The summed E-state index contributed by atoms with van der Waals surface area (Å²) in [5.74, 6) is -0.195. The Hall–Kier alpha value is -3.43. The van der Waals surface area contributed by atoms with Crippen molar-refractivity contribution in [2.75, 3.05) is 7.11 Å². The zero-order valence-electron chi connectivity index (χ0n) is 12.4. The van der Waals surface area contributed by atoms with Crippen molar-refractivity contribution in [3.05, 3.63) is 52.0 Å². The van der Waals surface area contributed by atoms with Crippen LogP contribution in [0.2, 0.25) is 0 Å². The Morgan fingerprint density at radius 2 is 2.04 bits per heavy atom. The fraction of sp³-hybridized carbons (Fsp3) is 0.154. The summed E-state index contributed by atoms with van der Waals surface area (Å²) in [5.41, 5.74) is 6.11. The normalized spacial score (nSPS) is 11.0. The molecule has 0 spiro atoms. The first-order chi connectivity index (χ1) is 11.0. The highest BCUT2D eigenvalue weighted by Gasteiger charge is 2.11. The Balaban J connectivity index is 1.94. The minimum absolute atomic E-state index is 0.343. The average molecular weight is 318 g/mol. The van der Waals surface area contributed by atoms with Gasteiger partial charge >= 0.3 is 5.95 Å². The Kier molecular flexibility index (Phi) is 4.87. The van der Waals surface area contributed by atoms with E-state index in [-0.39, 0.29) is 5.91 Å². The van der Waals surface area contributed by atoms with Crippen LogP contribution in [0.4, 0.5) is 5.95 Å². The maximum Gasteiger partial charge on any atom is 0.491 e. The predicted molar refractivity (Wildman–Crippen MR) is 80.2 cm³/mol. The number of hydrogen-bond donors (Lipinski definition) is 2. The number of aromatic nitrogens is 3. The van der Waals surface area contributed by atoms with Crippen molar-refractivity contribution < 1.29 is 14.5 Å². The van der Waals surface area contributed by atoms with Crippen molar-refractivity contribution in [2.45, 2.75) is 6.92 Å². The van der Waals surface area contributed by atoms with Gasteiger partial charge < -0.3 is 20.3 Å². The molecule has 1 aromatic heterocycles. The molecule has 0 radical (unpaired) electrons. The molecule has 0 bridgehead atoms. The number of allylic oxidation sites excluding steroid dienone is 1. The maximum atomic E-state index is 11.9. The van der Waals surface area contributed by atoms with Gasteiger partial charge in [0.1, 0.15) is 5.75 Å². The molecule has 0 fully saturated rings. The lowest BCUT2D eigenvalue weighted by molar-refractivity contribution is -0.394. The summed E-state index contributed by atoms with van der Waals surface area (Å²) in [4.78, 5) is 25.2. The van der Waals surface area contributed by atoms with Gasteiger partial charge in [-0.25, -0.2) is 0 Å². The molecule has 2 rings (SSSR count). The summed E-state index contributed by atoms with van der Waals surface area (Å²) < 4.78 is 6.18. The zero-order valence-corrected chi connectivity index (χ0v) is 12.4. The molecule has 23 heavy (non-hydrogen) atoms. The van der Waals surface area contributed by atoms with Crippen LogP contribution in [0.15, 0.2) is 36.3 Å². The van der Waals surface area contributed by atoms with E-state index in [0.29, 0.717) is 17.0 Å². The number of carbonyl (C=O) groups is 1. The smallest absolute Gasteiger partial charge is 0.491 e. The quantitative estimate of drug-likeness (QED) is 0.600. The first-order valence-corrected chi connectivity index (χ1v) is 6.44. The summed E-state index contributed by atoms with van der Waals surface area (Å²) in [6, 6.07) is 6.59. The molecular formula is C13H14N6O4. The van der Waals surface area contributed by atoms with Crippen LogP contribution in [0.3, 0.4) is 0 Å². The monoisotopic (exact) mass is 318 g/mol. The number of amides is 1. The Bertz CT molecular complexity index is 737. The number of hydrazine groups is 1. The zero-order chi connectivity index (χ0) is 16.8. The molecule has 1 amide bonds. The Morgan fingerprint density at radius 3 is 2.61 bits per heavy atom. The SMILES string of the molecule is COc1ccc(C(=O)NN/C(C)=C\n2cnc([N+](=O)[O-])n2)cc1. The van der Waals surface area contributed by atoms with Crippen molar-refractivity contribution in [2.24, 2.45) is 0 Å². The summed E-state index contributed by atoms with van der Waals surface area (Å²) in [5, 5.41) is 14.1. The van der Waals surface area contributed by atoms with Gasteiger partial charge in [0.2, 0.25) is 6.33 Å². The second-order valence-electron chi connectivity index (χ2n) is 4.40. The summed E-state index contributed by atoms with van der Waals surface area (Å²) >= 11 is 0. The van der Waals surface area contributed by atoms with Crippen molar-refractivity contribution in [1.29, 1.82) is 0 Å². The van der Waals surface area contributed by atoms with Crippen LogP contribution >= 0.6 is 0 Å². The Morgan fingerprint density at radius 1 is 1.35 bits per heavy atom. The molecule has 2 N–H and O–H groups in total. The molecule has 0 aliphatic carbocycles. The van der Waals surface area contributed by atoms with Gasteiger partial charge in [0.05, 0.1) is 13.3 Å². The van der Waals surface area contributed by atoms with Gasteiger partial charge in [0, 0.05) is 16.4 Å². The van der Waals surface area contributed by atoms with Gasteiger partial charge in [-0.05, 0) is 36.1 Å². The summed E-state index contributed by atoms with van der Waals surface area (Å²) in [6.45, 7) is 1.65. The molecule has 0 unspecified atom stereocenters. The number of rotatable bonds is 6. The van der Waals surface area contributed by atoms with Gasteiger partial charge in [-0.2, -0.15) is 0 Å². The number of benzene rings is 1. The van der Waals surface area contributed by atoms with E-state index in [0.717, 1.165) is 0 Å². The average Bonchev–Trinajstić information content (AvgIpc) is 3.01. The van der Waals surface area contributed by atoms with Crippen LogP contribution in [-0.2, 0) is 0 Å². The van der Waals surface area contributed by atoms with Gasteiger partial charge in [-0.1, -0.05) is 4.98 Å². The third-order valence-corrected chi connectivity index (χ3v) is 2.71. The van der Waals surface area contributed by atoms with E-state index in [1.807, 2.05) is 0 Å². The second-order valence-corrected chi connectivity index (χ2v) is 4.40. The minimum atomic E-state index is -0.696. The lowest BCUT2D eigenvalue weighted by atomic mass is 10.2. The standard InChI is InChI=1S/C13H14N6O4/c1-9(7-18-8-14-13(17-18)19(21)22)15-16-12(20)10-3-5-11(23-2)6-4-10/h3-8,15H,1-2H3,(H,16,20)/b9-7-. The third kappa shape index (κ3) is 4.27. The highest BCUT2D eigenvalue weighted by Crippen LogP contribution is 2.10. The molecule has 1 heterocycles. The minimum Gasteiger partial charge on any atom is -0.497 e. The highest BCUT2D eigenvalue weighted by atomic mass is 16.6. The first-order valence-electron chi connectivity index (χ1n) is 6.44. The molecule has 0 saturated heterocycles. The van der Waals surface area contributed by atoms with Crippen molar-refractivity contribution in [3.63, 3.8) is 0 Å². The number of nitrogens with one attached hydrogen (secondary N) is 2. The molecule has 0 atom stereocenters. The molecule has 10 nitrogen and oxygen atoms in total. The van der Waals surface area contributed by atoms with E-state index < -0.39 is 10.9 Å². The number of methoxy groups -OCH3 is 1. The second kappa shape index (κ2) is 7.02. The largest absolute Gasteiger partial charge is 0.497 e. The third-order valence-electron chi connectivity index (χ3n) is 2.71. The molecule has 120 valence electrons. The van der Waals surface area contributed by atoms with Crippen LogP contribution < -0.4 is 15.6 Å². The van der Waals surface area contributed by atoms with E-state index in [2.05, 4.69) is 20.9 Å². The summed E-state index contributed by atoms with van der Waals surface area (Å²) in [7, 11) is 1.54. The van der Waals surface area contributed by atoms with Crippen molar-refractivity contribution >= 4 is 18.1 Å². The van der Waals surface area contributed by atoms with Crippen LogP contribution in [0.1, 0.15) is 17.3 Å². The molecule has 0 aliphatic heterocycles. The summed E-state index contributed by atoms with van der Waals surface area (Å²) in [6.07, 6.45) is 2.63. The van der Waals surface area contributed by atoms with Crippen LogP contribution in [0.5, 0.6) is 5.75 Å². The van der Waals surface area contributed by atoms with Gasteiger partial charge in [-0.15, -0.1) is 4.68 Å². The van der Waals surface area contributed by atoms with Crippen LogP contribution in [-0.4, -0.2) is 32.7 Å². The van der Waals surface area contributed by atoms with Crippen LogP contribution in [0, 0.1) is 10.1 Å². The number of nitro groups is 1. The van der Waals surface area contributed by atoms with E-state index >= 15 is 0 Å². The van der Waals surface area contributed by atoms with E-state index in [9.17, 15) is 14.9 Å². The number of carbonyl (C=O) groups excluding carboxylic acids is 1.